The summed E-state index contributed by atoms with van der Waals surface area (Å²) in [6.45, 7) is 2.02. The van der Waals surface area contributed by atoms with E-state index >= 15 is 0 Å². The second-order valence-corrected chi connectivity index (χ2v) is 7.49. The zero-order chi connectivity index (χ0) is 23.2. The minimum Gasteiger partial charge on any atom is -0.392 e. The molecule has 0 bridgehead atoms. The van der Waals surface area contributed by atoms with E-state index in [9.17, 15) is 14.3 Å². The molecule has 0 radical (unpaired) electrons. The average Bonchev–Trinajstić information content (AvgIpc) is 3.26. The van der Waals surface area contributed by atoms with Crippen LogP contribution in [-0.4, -0.2) is 43.2 Å². The molecule has 1 atom stereocenters. The minimum absolute atomic E-state index is 0.0118. The van der Waals surface area contributed by atoms with Crippen LogP contribution in [0, 0.1) is 5.82 Å². The van der Waals surface area contributed by atoms with Gasteiger partial charge >= 0.3 is 0 Å². The number of benzene rings is 2. The van der Waals surface area contributed by atoms with Crippen molar-refractivity contribution in [2.75, 3.05) is 17.2 Å². The molecule has 0 fully saturated rings. The molecule has 9 heteroatoms. The summed E-state index contributed by atoms with van der Waals surface area (Å²) in [5, 5.41) is 15.2. The van der Waals surface area contributed by atoms with Gasteiger partial charge in [-0.05, 0) is 42.8 Å². The van der Waals surface area contributed by atoms with Crippen molar-refractivity contribution in [1.29, 1.82) is 0 Å². The summed E-state index contributed by atoms with van der Waals surface area (Å²) in [5.74, 6) is 0.707. The second-order valence-electron chi connectivity index (χ2n) is 7.49. The number of amides is 1. The Balaban J connectivity index is 1.50. The molecule has 0 saturated carbocycles. The first kappa shape index (κ1) is 22.1. The molecule has 3 N–H and O–H groups in total. The Labute approximate surface area is 190 Å². The van der Waals surface area contributed by atoms with Gasteiger partial charge in [0.1, 0.15) is 17.5 Å². The highest BCUT2D eigenvalue weighted by Crippen LogP contribution is 2.18. The van der Waals surface area contributed by atoms with E-state index in [0.717, 1.165) is 11.4 Å². The third-order valence-corrected chi connectivity index (χ3v) is 4.83. The van der Waals surface area contributed by atoms with Crippen LogP contribution >= 0.6 is 0 Å². The molecule has 33 heavy (non-hydrogen) atoms. The van der Waals surface area contributed by atoms with Crippen molar-refractivity contribution in [2.24, 2.45) is 0 Å². The van der Waals surface area contributed by atoms with Crippen LogP contribution in [0.5, 0.6) is 0 Å². The van der Waals surface area contributed by atoms with Crippen LogP contribution in [0.4, 0.5) is 16.0 Å². The lowest BCUT2D eigenvalue weighted by Gasteiger charge is -2.11. The van der Waals surface area contributed by atoms with Gasteiger partial charge in [-0.15, -0.1) is 0 Å². The zero-order valence-electron chi connectivity index (χ0n) is 17.9. The maximum Gasteiger partial charge on any atom is 0.258 e. The van der Waals surface area contributed by atoms with Crippen LogP contribution in [0.15, 0.2) is 73.2 Å². The number of anilines is 2. The predicted octanol–water partition coefficient (Wildman–Crippen LogP) is 3.44. The van der Waals surface area contributed by atoms with E-state index in [1.54, 1.807) is 49.8 Å². The summed E-state index contributed by atoms with van der Waals surface area (Å²) in [5.41, 5.74) is 1.46. The van der Waals surface area contributed by atoms with E-state index in [1.807, 2.05) is 22.8 Å². The molecule has 1 amide bonds. The van der Waals surface area contributed by atoms with Crippen molar-refractivity contribution >= 4 is 17.5 Å². The number of halogens is 1. The largest absolute Gasteiger partial charge is 0.392 e. The molecule has 0 saturated heterocycles. The first-order valence-corrected chi connectivity index (χ1v) is 10.4. The third-order valence-electron chi connectivity index (χ3n) is 4.83. The quantitative estimate of drug-likeness (QED) is 0.383. The molecule has 0 aliphatic carbocycles. The van der Waals surface area contributed by atoms with Crippen molar-refractivity contribution in [2.45, 2.75) is 19.4 Å². The molecular weight excluding hydrogens is 423 g/mol. The van der Waals surface area contributed by atoms with Gasteiger partial charge in [0.2, 0.25) is 5.95 Å². The number of carbonyl (C=O) groups is 1. The monoisotopic (exact) mass is 446 g/mol. The average molecular weight is 446 g/mol. The standard InChI is InChI=1S/C24H23FN6O2/c1-16(32)15-28-24-27-10-9-21(30-24)31-12-11-26-22(31)14-17-5-4-6-18(13-17)29-23(33)19-7-2-3-8-20(19)25/h2-13,16,32H,14-15H2,1H3,(H,29,33)(H,27,28,30)/t16-/m0/s1. The van der Waals surface area contributed by atoms with Crippen molar-refractivity contribution in [1.82, 2.24) is 19.5 Å². The smallest absolute Gasteiger partial charge is 0.258 e. The van der Waals surface area contributed by atoms with Crippen molar-refractivity contribution in [3.05, 3.63) is 96.0 Å². The van der Waals surface area contributed by atoms with Gasteiger partial charge in [0.15, 0.2) is 0 Å². The van der Waals surface area contributed by atoms with Gasteiger partial charge in [0.25, 0.3) is 5.91 Å². The van der Waals surface area contributed by atoms with Gasteiger partial charge in [0.05, 0.1) is 11.7 Å². The maximum atomic E-state index is 13.9. The number of hydrogen-bond acceptors (Lipinski definition) is 6. The Kier molecular flexibility index (Phi) is 6.70. The van der Waals surface area contributed by atoms with Gasteiger partial charge in [-0.25, -0.2) is 14.4 Å². The fraction of sp³-hybridized carbons (Fsp3) is 0.167. The lowest BCUT2D eigenvalue weighted by molar-refractivity contribution is 0.102. The molecule has 4 rings (SSSR count). The number of hydrogen-bond donors (Lipinski definition) is 3. The third kappa shape index (κ3) is 5.58. The number of aliphatic hydroxyl groups excluding tert-OH is 1. The second kappa shape index (κ2) is 10.0. The molecule has 0 unspecified atom stereocenters. The summed E-state index contributed by atoms with van der Waals surface area (Å²) in [4.78, 5) is 25.5. The molecule has 2 heterocycles. The SMILES string of the molecule is C[C@H](O)CNc1nccc(-n2ccnc2Cc2cccc(NC(=O)c3ccccc3F)c2)n1. The van der Waals surface area contributed by atoms with Crippen molar-refractivity contribution in [3.8, 4) is 5.82 Å². The highest BCUT2D eigenvalue weighted by molar-refractivity contribution is 6.04. The molecule has 8 nitrogen and oxygen atoms in total. The molecule has 2 aromatic carbocycles. The van der Waals surface area contributed by atoms with Gasteiger partial charge in [-0.3, -0.25) is 9.36 Å². The van der Waals surface area contributed by atoms with E-state index in [4.69, 9.17) is 0 Å². The van der Waals surface area contributed by atoms with Crippen LogP contribution in [0.2, 0.25) is 0 Å². The van der Waals surface area contributed by atoms with Gasteiger partial charge in [-0.1, -0.05) is 24.3 Å². The van der Waals surface area contributed by atoms with Crippen LogP contribution in [0.1, 0.15) is 28.7 Å². The predicted molar refractivity (Wildman–Crippen MR) is 123 cm³/mol. The Hall–Kier alpha value is -4.11. The Morgan fingerprint density at radius 1 is 1.12 bits per heavy atom. The van der Waals surface area contributed by atoms with Crippen LogP contribution in [0.25, 0.3) is 5.82 Å². The van der Waals surface area contributed by atoms with E-state index in [-0.39, 0.29) is 5.56 Å². The topological polar surface area (TPSA) is 105 Å². The van der Waals surface area contributed by atoms with E-state index in [0.29, 0.717) is 30.4 Å². The lowest BCUT2D eigenvalue weighted by atomic mass is 10.1. The summed E-state index contributed by atoms with van der Waals surface area (Å²) in [6.07, 6.45) is 5.09. The molecule has 0 spiro atoms. The first-order chi connectivity index (χ1) is 16.0. The number of imidazole rings is 1. The number of rotatable bonds is 8. The summed E-state index contributed by atoms with van der Waals surface area (Å²) >= 11 is 0. The van der Waals surface area contributed by atoms with E-state index < -0.39 is 17.8 Å². The van der Waals surface area contributed by atoms with Crippen LogP contribution < -0.4 is 10.6 Å². The highest BCUT2D eigenvalue weighted by Gasteiger charge is 2.12. The molecule has 2 aromatic heterocycles. The number of aliphatic hydroxyl groups is 1. The normalized spacial score (nSPS) is 11.7. The molecule has 0 aliphatic rings. The van der Waals surface area contributed by atoms with Crippen LogP contribution in [-0.2, 0) is 6.42 Å². The van der Waals surface area contributed by atoms with Gasteiger partial charge in [0, 0.05) is 37.2 Å². The van der Waals surface area contributed by atoms with Crippen molar-refractivity contribution < 1.29 is 14.3 Å². The van der Waals surface area contributed by atoms with Gasteiger partial charge in [-0.2, -0.15) is 4.98 Å². The Bertz CT molecular complexity index is 1260. The zero-order valence-corrected chi connectivity index (χ0v) is 17.9. The van der Waals surface area contributed by atoms with Gasteiger partial charge < -0.3 is 15.7 Å². The maximum absolute atomic E-state index is 13.9. The minimum atomic E-state index is -0.569. The number of aromatic nitrogens is 4. The molecule has 0 aliphatic heterocycles. The van der Waals surface area contributed by atoms with Crippen LogP contribution in [0.3, 0.4) is 0 Å². The summed E-state index contributed by atoms with van der Waals surface area (Å²) in [6, 6.07) is 14.9. The van der Waals surface area contributed by atoms with E-state index in [2.05, 4.69) is 25.6 Å². The first-order valence-electron chi connectivity index (χ1n) is 10.4. The van der Waals surface area contributed by atoms with E-state index in [1.165, 1.54) is 12.1 Å². The fourth-order valence-corrected chi connectivity index (χ4v) is 3.27. The fourth-order valence-electron chi connectivity index (χ4n) is 3.27. The van der Waals surface area contributed by atoms with Crippen molar-refractivity contribution in [3.63, 3.8) is 0 Å². The number of carbonyl (C=O) groups excluding carboxylic acids is 1. The highest BCUT2D eigenvalue weighted by atomic mass is 19.1. The number of nitrogens with zero attached hydrogens (tertiary/aromatic N) is 4. The number of nitrogens with one attached hydrogen (secondary N) is 2. The summed E-state index contributed by atoms with van der Waals surface area (Å²) < 4.78 is 15.7. The molecular formula is C24H23FN6O2. The summed E-state index contributed by atoms with van der Waals surface area (Å²) in [7, 11) is 0. The Morgan fingerprint density at radius 3 is 2.79 bits per heavy atom. The molecule has 168 valence electrons. The lowest BCUT2D eigenvalue weighted by Crippen LogP contribution is -2.17. The molecule has 4 aromatic rings. The Morgan fingerprint density at radius 2 is 1.97 bits per heavy atom.